The summed E-state index contributed by atoms with van der Waals surface area (Å²) in [6.45, 7) is 8.07. The number of hydrogen-bond donors (Lipinski definition) is 3. The predicted molar refractivity (Wildman–Crippen MR) is 135 cm³/mol. The van der Waals surface area contributed by atoms with Gasteiger partial charge in [0.1, 0.15) is 11.3 Å². The van der Waals surface area contributed by atoms with Gasteiger partial charge in [-0.3, -0.25) is 5.10 Å². The minimum Gasteiger partial charge on any atom is -0.338 e. The summed E-state index contributed by atoms with van der Waals surface area (Å²) < 4.78 is 0. The Labute approximate surface area is 189 Å². The first-order valence-electron chi connectivity index (χ1n) is 10.8. The number of H-pyrrole nitrogens is 2. The smallest absolute Gasteiger partial charge is 0.138 e. The van der Waals surface area contributed by atoms with Crippen LogP contribution in [0.2, 0.25) is 0 Å². The molecule has 0 unspecified atom stereocenters. The molecule has 1 aliphatic rings. The maximum Gasteiger partial charge on any atom is 0.138 e. The summed E-state index contributed by atoms with van der Waals surface area (Å²) in [5.41, 5.74) is 8.73. The lowest BCUT2D eigenvalue weighted by Crippen LogP contribution is -2.19. The molecule has 0 bridgehead atoms. The number of aromatic nitrogens is 4. The van der Waals surface area contributed by atoms with Crippen molar-refractivity contribution in [3.63, 3.8) is 0 Å². The van der Waals surface area contributed by atoms with Gasteiger partial charge in [0.15, 0.2) is 0 Å². The minimum atomic E-state index is 0.871. The lowest BCUT2D eigenvalue weighted by Gasteiger charge is -2.14. The zero-order valence-electron chi connectivity index (χ0n) is 17.8. The van der Waals surface area contributed by atoms with Crippen LogP contribution in [0, 0.1) is 0 Å². The number of thiophene rings is 1. The van der Waals surface area contributed by atoms with Gasteiger partial charge in [-0.2, -0.15) is 5.10 Å². The molecule has 1 aliphatic heterocycles. The Morgan fingerprint density at radius 3 is 2.84 bits per heavy atom. The fourth-order valence-electron chi connectivity index (χ4n) is 4.39. The zero-order valence-corrected chi connectivity index (χ0v) is 18.6. The molecular formula is C26H23N5S. The SMILES string of the molecule is C=C(C)c1ccc(-c2ccnc3[nH]c(-c4n[nH]c5ccc(C6=CCNCC6)cc45)cc23)s1. The monoisotopic (exact) mass is 437 g/mol. The lowest BCUT2D eigenvalue weighted by molar-refractivity contribution is 0.739. The van der Waals surface area contributed by atoms with Crippen LogP contribution in [0.4, 0.5) is 0 Å². The van der Waals surface area contributed by atoms with Gasteiger partial charge in [-0.15, -0.1) is 11.3 Å². The molecule has 0 radical (unpaired) electrons. The largest absolute Gasteiger partial charge is 0.338 e. The Kier molecular flexibility index (Phi) is 4.56. The normalized spacial score (nSPS) is 14.2. The van der Waals surface area contributed by atoms with Crippen LogP contribution in [0.1, 0.15) is 23.8 Å². The van der Waals surface area contributed by atoms with Gasteiger partial charge in [-0.1, -0.05) is 18.7 Å². The van der Waals surface area contributed by atoms with Gasteiger partial charge in [0, 0.05) is 38.8 Å². The van der Waals surface area contributed by atoms with Crippen molar-refractivity contribution >= 4 is 44.4 Å². The third-order valence-electron chi connectivity index (χ3n) is 6.08. The van der Waals surface area contributed by atoms with Crippen molar-refractivity contribution in [3.05, 3.63) is 71.8 Å². The molecule has 3 N–H and O–H groups in total. The summed E-state index contributed by atoms with van der Waals surface area (Å²) in [7, 11) is 0. The second kappa shape index (κ2) is 7.58. The maximum absolute atomic E-state index is 4.65. The molecule has 1 aromatic carbocycles. The molecule has 0 atom stereocenters. The van der Waals surface area contributed by atoms with Gasteiger partial charge in [0.25, 0.3) is 0 Å². The third kappa shape index (κ3) is 3.20. The maximum atomic E-state index is 4.65. The third-order valence-corrected chi connectivity index (χ3v) is 7.36. The van der Waals surface area contributed by atoms with Crippen LogP contribution >= 0.6 is 11.3 Å². The minimum absolute atomic E-state index is 0.871. The van der Waals surface area contributed by atoms with E-state index in [1.165, 1.54) is 26.5 Å². The van der Waals surface area contributed by atoms with Crippen molar-refractivity contribution < 1.29 is 0 Å². The number of rotatable bonds is 4. The van der Waals surface area contributed by atoms with Crippen LogP contribution in [-0.2, 0) is 0 Å². The van der Waals surface area contributed by atoms with E-state index in [9.17, 15) is 0 Å². The van der Waals surface area contributed by atoms with Gasteiger partial charge in [-0.05, 0) is 73.0 Å². The van der Waals surface area contributed by atoms with Gasteiger partial charge >= 0.3 is 0 Å². The van der Waals surface area contributed by atoms with E-state index in [1.807, 2.05) is 13.1 Å². The second-order valence-corrected chi connectivity index (χ2v) is 9.35. The number of fused-ring (bicyclic) bond motifs is 2. The molecule has 0 saturated carbocycles. The first-order chi connectivity index (χ1) is 15.7. The van der Waals surface area contributed by atoms with E-state index in [0.29, 0.717) is 0 Å². The zero-order chi connectivity index (χ0) is 21.7. The first-order valence-corrected chi connectivity index (χ1v) is 11.6. The fourth-order valence-corrected chi connectivity index (χ4v) is 5.36. The van der Waals surface area contributed by atoms with E-state index in [4.69, 9.17) is 0 Å². The average molecular weight is 438 g/mol. The van der Waals surface area contributed by atoms with E-state index in [2.05, 4.69) is 80.6 Å². The summed E-state index contributed by atoms with van der Waals surface area (Å²) in [5.74, 6) is 0. The van der Waals surface area contributed by atoms with Gasteiger partial charge in [0.2, 0.25) is 0 Å². The molecule has 6 heteroatoms. The highest BCUT2D eigenvalue weighted by Crippen LogP contribution is 2.37. The Balaban J connectivity index is 1.47. The van der Waals surface area contributed by atoms with Crippen LogP contribution in [0.3, 0.4) is 0 Å². The molecule has 5 heterocycles. The van der Waals surface area contributed by atoms with E-state index in [1.54, 1.807) is 11.3 Å². The Morgan fingerprint density at radius 2 is 2.03 bits per heavy atom. The van der Waals surface area contributed by atoms with Crippen LogP contribution in [0.15, 0.2) is 61.3 Å². The summed E-state index contributed by atoms with van der Waals surface area (Å²) in [6.07, 6.45) is 5.19. The van der Waals surface area contributed by atoms with Crippen molar-refractivity contribution in [2.24, 2.45) is 0 Å². The van der Waals surface area contributed by atoms with E-state index in [0.717, 1.165) is 58.4 Å². The first kappa shape index (κ1) is 19.2. The Bertz CT molecular complexity index is 1510. The highest BCUT2D eigenvalue weighted by Gasteiger charge is 2.16. The van der Waals surface area contributed by atoms with E-state index < -0.39 is 0 Å². The van der Waals surface area contributed by atoms with Gasteiger partial charge in [0.05, 0.1) is 11.2 Å². The molecule has 0 spiro atoms. The van der Waals surface area contributed by atoms with Crippen molar-refractivity contribution in [1.29, 1.82) is 0 Å². The van der Waals surface area contributed by atoms with Gasteiger partial charge in [-0.25, -0.2) is 4.98 Å². The van der Waals surface area contributed by atoms with Crippen molar-refractivity contribution in [2.45, 2.75) is 13.3 Å². The summed E-state index contributed by atoms with van der Waals surface area (Å²) in [6, 6.07) is 15.1. The number of nitrogens with one attached hydrogen (secondary N) is 3. The molecule has 32 heavy (non-hydrogen) atoms. The van der Waals surface area contributed by atoms with Crippen molar-refractivity contribution in [3.8, 4) is 21.8 Å². The standard InChI is InChI=1S/C26H23N5S/c1-15(2)23-5-6-24(32-23)18-9-12-28-26-19(18)14-22(29-26)25-20-13-17(3-4-21(20)30-31-25)16-7-10-27-11-8-16/h3-7,9,12-14,27H,1,8,10-11H2,2H3,(H,28,29)(H,30,31). The molecule has 5 nitrogen and oxygen atoms in total. The molecule has 4 aromatic heterocycles. The molecule has 6 rings (SSSR count). The molecular weight excluding hydrogens is 414 g/mol. The predicted octanol–water partition coefficient (Wildman–Crippen LogP) is 6.24. The van der Waals surface area contributed by atoms with Crippen LogP contribution in [0.5, 0.6) is 0 Å². The Morgan fingerprint density at radius 1 is 1.09 bits per heavy atom. The quantitative estimate of drug-likeness (QED) is 0.311. The highest BCUT2D eigenvalue weighted by atomic mass is 32.1. The summed E-state index contributed by atoms with van der Waals surface area (Å²) in [5, 5.41) is 13.5. The molecule has 0 saturated heterocycles. The van der Waals surface area contributed by atoms with Gasteiger partial charge < -0.3 is 10.3 Å². The second-order valence-electron chi connectivity index (χ2n) is 8.26. The lowest BCUT2D eigenvalue weighted by atomic mass is 9.98. The molecule has 158 valence electrons. The molecule has 0 fully saturated rings. The summed E-state index contributed by atoms with van der Waals surface area (Å²) >= 11 is 1.76. The van der Waals surface area contributed by atoms with Crippen LogP contribution < -0.4 is 5.32 Å². The molecule has 0 aliphatic carbocycles. The fraction of sp³-hybridized carbons (Fsp3) is 0.154. The van der Waals surface area contributed by atoms with Crippen LogP contribution in [0.25, 0.3) is 54.9 Å². The number of benzene rings is 1. The van der Waals surface area contributed by atoms with E-state index in [-0.39, 0.29) is 0 Å². The topological polar surface area (TPSA) is 69.4 Å². The molecule has 0 amide bonds. The summed E-state index contributed by atoms with van der Waals surface area (Å²) in [4.78, 5) is 10.5. The van der Waals surface area contributed by atoms with Crippen molar-refractivity contribution in [2.75, 3.05) is 13.1 Å². The number of nitrogens with zero attached hydrogens (tertiary/aromatic N) is 2. The number of allylic oxidation sites excluding steroid dienone is 1. The number of aromatic amines is 2. The molecule has 5 aromatic rings. The Hall–Kier alpha value is -3.48. The average Bonchev–Trinajstić information content (AvgIpc) is 3.56. The van der Waals surface area contributed by atoms with E-state index >= 15 is 0 Å². The van der Waals surface area contributed by atoms with Crippen LogP contribution in [-0.4, -0.2) is 33.3 Å². The van der Waals surface area contributed by atoms with Crippen molar-refractivity contribution in [1.82, 2.24) is 25.5 Å². The number of pyridine rings is 1. The highest BCUT2D eigenvalue weighted by molar-refractivity contribution is 7.16. The number of hydrogen-bond acceptors (Lipinski definition) is 4.